The van der Waals surface area contributed by atoms with E-state index in [1.54, 1.807) is 24.3 Å². The first-order valence-corrected chi connectivity index (χ1v) is 9.50. The maximum Gasteiger partial charge on any atom is 0.123 e. The van der Waals surface area contributed by atoms with Gasteiger partial charge in [-0.25, -0.2) is 8.78 Å². The molecule has 0 aliphatic carbocycles. The van der Waals surface area contributed by atoms with Gasteiger partial charge in [0.05, 0.1) is 26.2 Å². The average Bonchev–Trinajstić information content (AvgIpc) is 2.77. The molecule has 4 heteroatoms. The molecule has 1 nitrogen and oxygen atoms in total. The van der Waals surface area contributed by atoms with Crippen molar-refractivity contribution < 1.29 is 37.2 Å². The Morgan fingerprint density at radius 3 is 1.81 bits per heavy atom. The first-order chi connectivity index (χ1) is 12.4. The molecule has 0 spiro atoms. The van der Waals surface area contributed by atoms with Crippen LogP contribution in [0.4, 0.5) is 8.78 Å². The van der Waals surface area contributed by atoms with E-state index in [1.807, 2.05) is 12.1 Å². The first-order valence-electron chi connectivity index (χ1n) is 9.50. The number of benzene rings is 2. The molecule has 2 aliphatic rings. The van der Waals surface area contributed by atoms with E-state index in [2.05, 4.69) is 20.2 Å². The molecule has 0 N–H and O–H groups in total. The van der Waals surface area contributed by atoms with Gasteiger partial charge in [-0.2, -0.15) is 0 Å². The fourth-order valence-electron chi connectivity index (χ4n) is 4.97. The fraction of sp³-hybridized carbons (Fsp3) is 0.391. The van der Waals surface area contributed by atoms with Crippen molar-refractivity contribution in [2.24, 2.45) is 5.92 Å². The van der Waals surface area contributed by atoms with Crippen LogP contribution in [0.5, 0.6) is 0 Å². The van der Waals surface area contributed by atoms with Crippen molar-refractivity contribution in [2.45, 2.75) is 37.8 Å². The number of hydrogen-bond acceptors (Lipinski definition) is 0. The number of halogens is 3. The van der Waals surface area contributed by atoms with E-state index in [1.165, 1.54) is 25.0 Å². The lowest BCUT2D eigenvalue weighted by molar-refractivity contribution is -0.931. The summed E-state index contributed by atoms with van der Waals surface area (Å²) in [6.45, 7) is 0. The van der Waals surface area contributed by atoms with Crippen LogP contribution < -0.4 is 24.0 Å². The number of piperidine rings is 1. The molecule has 2 unspecified atom stereocenters. The van der Waals surface area contributed by atoms with E-state index in [4.69, 9.17) is 0 Å². The highest BCUT2D eigenvalue weighted by Crippen LogP contribution is 2.43. The SMILES string of the molecule is C[N+]1(C)C2CCC1CC(C=C(c1cccc(F)c1)c1cccc(F)c1)C2.[I-]. The zero-order chi connectivity index (χ0) is 18.3. The highest BCUT2D eigenvalue weighted by molar-refractivity contribution is 5.80. The van der Waals surface area contributed by atoms with E-state index in [0.717, 1.165) is 34.0 Å². The largest absolute Gasteiger partial charge is 1.00 e. The quantitative estimate of drug-likeness (QED) is 0.467. The lowest BCUT2D eigenvalue weighted by Crippen LogP contribution is -3.00. The predicted molar refractivity (Wildman–Crippen MR) is 102 cm³/mol. The van der Waals surface area contributed by atoms with Crippen molar-refractivity contribution in [3.63, 3.8) is 0 Å². The molecule has 0 aromatic heterocycles. The molecule has 2 atom stereocenters. The molecule has 2 saturated heterocycles. The van der Waals surface area contributed by atoms with Crippen LogP contribution in [0.15, 0.2) is 54.6 Å². The van der Waals surface area contributed by atoms with Crippen molar-refractivity contribution in [1.29, 1.82) is 0 Å². The Kier molecular flexibility index (Phi) is 6.06. The fourth-order valence-corrected chi connectivity index (χ4v) is 4.97. The van der Waals surface area contributed by atoms with E-state index in [0.29, 0.717) is 18.0 Å². The lowest BCUT2D eigenvalue weighted by Gasteiger charge is -2.44. The van der Waals surface area contributed by atoms with Crippen molar-refractivity contribution in [1.82, 2.24) is 0 Å². The molecule has 0 radical (unpaired) electrons. The zero-order valence-electron chi connectivity index (χ0n) is 15.8. The third kappa shape index (κ3) is 4.11. The summed E-state index contributed by atoms with van der Waals surface area (Å²) in [5, 5.41) is 0. The second-order valence-electron chi connectivity index (χ2n) is 8.35. The molecule has 144 valence electrons. The Balaban J connectivity index is 0.00000210. The maximum absolute atomic E-state index is 13.8. The van der Waals surface area contributed by atoms with Gasteiger partial charge in [-0.15, -0.1) is 0 Å². The minimum Gasteiger partial charge on any atom is -1.00 e. The third-order valence-electron chi connectivity index (χ3n) is 6.54. The second-order valence-corrected chi connectivity index (χ2v) is 8.35. The summed E-state index contributed by atoms with van der Waals surface area (Å²) < 4.78 is 28.8. The van der Waals surface area contributed by atoms with Crippen molar-refractivity contribution in [3.05, 3.63) is 77.4 Å². The average molecular weight is 481 g/mol. The Hall–Kier alpha value is -1.27. The smallest absolute Gasteiger partial charge is 0.123 e. The molecule has 0 amide bonds. The summed E-state index contributed by atoms with van der Waals surface area (Å²) in [5.41, 5.74) is 2.59. The summed E-state index contributed by atoms with van der Waals surface area (Å²) in [5.74, 6) is -0.0576. The Morgan fingerprint density at radius 1 is 0.889 bits per heavy atom. The number of hydrogen-bond donors (Lipinski definition) is 0. The molecule has 2 heterocycles. The van der Waals surface area contributed by atoms with Gasteiger partial charge in [0, 0.05) is 25.7 Å². The Bertz CT molecular complexity index is 782. The molecule has 2 aliphatic heterocycles. The number of nitrogens with zero attached hydrogens (tertiary/aromatic N) is 1. The van der Waals surface area contributed by atoms with Crippen LogP contribution in [0.2, 0.25) is 0 Å². The van der Waals surface area contributed by atoms with E-state index < -0.39 is 0 Å². The summed E-state index contributed by atoms with van der Waals surface area (Å²) >= 11 is 0. The van der Waals surface area contributed by atoms with Crippen molar-refractivity contribution in [3.8, 4) is 0 Å². The monoisotopic (exact) mass is 481 g/mol. The van der Waals surface area contributed by atoms with Crippen LogP contribution in [0.25, 0.3) is 5.57 Å². The number of quaternary nitrogens is 1. The molecular formula is C23H26F2IN. The van der Waals surface area contributed by atoms with Crippen LogP contribution in [0, 0.1) is 17.6 Å². The molecule has 2 fully saturated rings. The van der Waals surface area contributed by atoms with Crippen LogP contribution in [-0.4, -0.2) is 30.7 Å². The van der Waals surface area contributed by atoms with Gasteiger partial charge in [-0.1, -0.05) is 30.3 Å². The highest BCUT2D eigenvalue weighted by Gasteiger charge is 2.48. The molecule has 2 aromatic rings. The minimum absolute atomic E-state index is 0. The van der Waals surface area contributed by atoms with Crippen LogP contribution in [0.1, 0.15) is 36.8 Å². The number of fused-ring (bicyclic) bond motifs is 2. The molecule has 4 rings (SSSR count). The normalized spacial score (nSPS) is 25.6. The van der Waals surface area contributed by atoms with E-state index in [9.17, 15) is 8.78 Å². The topological polar surface area (TPSA) is 0 Å². The van der Waals surface area contributed by atoms with Crippen molar-refractivity contribution >= 4 is 5.57 Å². The first kappa shape index (κ1) is 20.5. The minimum atomic E-state index is -0.258. The van der Waals surface area contributed by atoms with Gasteiger partial charge in [0.25, 0.3) is 0 Å². The van der Waals surface area contributed by atoms with Crippen LogP contribution >= 0.6 is 0 Å². The summed E-state index contributed by atoms with van der Waals surface area (Å²) in [6, 6.07) is 14.7. The number of rotatable bonds is 3. The van der Waals surface area contributed by atoms with Gasteiger partial charge in [-0.3, -0.25) is 0 Å². The summed E-state index contributed by atoms with van der Waals surface area (Å²) in [7, 11) is 4.70. The Morgan fingerprint density at radius 2 is 1.37 bits per heavy atom. The molecule has 0 saturated carbocycles. The van der Waals surface area contributed by atoms with Gasteiger partial charge in [0.1, 0.15) is 11.6 Å². The molecular weight excluding hydrogens is 455 g/mol. The maximum atomic E-state index is 13.8. The van der Waals surface area contributed by atoms with Crippen LogP contribution in [-0.2, 0) is 0 Å². The van der Waals surface area contributed by atoms with Crippen LogP contribution in [0.3, 0.4) is 0 Å². The molecule has 2 bridgehead atoms. The van der Waals surface area contributed by atoms with E-state index in [-0.39, 0.29) is 35.6 Å². The third-order valence-corrected chi connectivity index (χ3v) is 6.54. The Labute approximate surface area is 177 Å². The van der Waals surface area contributed by atoms with Gasteiger partial charge >= 0.3 is 0 Å². The summed E-state index contributed by atoms with van der Waals surface area (Å²) in [4.78, 5) is 0. The zero-order valence-corrected chi connectivity index (χ0v) is 18.0. The molecule has 27 heavy (non-hydrogen) atoms. The highest BCUT2D eigenvalue weighted by atomic mass is 127. The second kappa shape index (κ2) is 8.00. The lowest BCUT2D eigenvalue weighted by atomic mass is 9.85. The summed E-state index contributed by atoms with van der Waals surface area (Å²) in [6.07, 6.45) is 7.15. The van der Waals surface area contributed by atoms with Gasteiger partial charge < -0.3 is 28.5 Å². The van der Waals surface area contributed by atoms with Gasteiger partial charge in [-0.05, 0) is 46.9 Å². The van der Waals surface area contributed by atoms with E-state index >= 15 is 0 Å². The standard InChI is InChI=1S/C23H26F2N.HI/c1-26(2)21-9-10-22(26)12-16(11-21)13-23(17-5-3-7-19(24)14-17)18-6-4-8-20(25)15-18;/h3-8,13-16,21-22H,9-12H2,1-2H3;1H/q+1;/p-1. The molecule has 2 aromatic carbocycles. The van der Waals surface area contributed by atoms with Crippen molar-refractivity contribution in [2.75, 3.05) is 14.1 Å². The number of allylic oxidation sites excluding steroid dienone is 1. The predicted octanol–water partition coefficient (Wildman–Crippen LogP) is 2.42. The van der Waals surface area contributed by atoms with Gasteiger partial charge in [0.15, 0.2) is 0 Å². The van der Waals surface area contributed by atoms with Gasteiger partial charge in [0.2, 0.25) is 0 Å².